The largest absolute Gasteiger partial charge is 0.480 e. The van der Waals surface area contributed by atoms with E-state index in [-0.39, 0.29) is 0 Å². The molecule has 1 N–H and O–H groups in total. The van der Waals surface area contributed by atoms with E-state index in [0.29, 0.717) is 6.04 Å². The van der Waals surface area contributed by atoms with Crippen LogP contribution in [0.25, 0.3) is 0 Å². The second kappa shape index (κ2) is 8.39. The molecule has 0 radical (unpaired) electrons. The Morgan fingerprint density at radius 1 is 1.25 bits per heavy atom. The van der Waals surface area contributed by atoms with Crippen molar-refractivity contribution >= 4 is 17.7 Å². The highest BCUT2D eigenvalue weighted by molar-refractivity contribution is 8.01. The van der Waals surface area contributed by atoms with E-state index in [9.17, 15) is 9.90 Å². The van der Waals surface area contributed by atoms with Gasteiger partial charge in [0.15, 0.2) is 0 Å². The van der Waals surface area contributed by atoms with Gasteiger partial charge < -0.3 is 10.0 Å². The molecule has 1 atom stereocenters. The predicted octanol–water partition coefficient (Wildman–Crippen LogP) is 4.62. The van der Waals surface area contributed by atoms with Crippen LogP contribution in [0.4, 0.5) is 0 Å². The zero-order chi connectivity index (χ0) is 17.7. The second-order valence-electron chi connectivity index (χ2n) is 7.45. The normalized spacial score (nSPS) is 17.3. The smallest absolute Gasteiger partial charge is 0.319 e. The summed E-state index contributed by atoms with van der Waals surface area (Å²) in [7, 11) is 2.24. The van der Waals surface area contributed by atoms with Gasteiger partial charge in [0.25, 0.3) is 0 Å². The van der Waals surface area contributed by atoms with E-state index in [1.54, 1.807) is 13.8 Å². The number of hydrogen-bond acceptors (Lipinski definition) is 3. The van der Waals surface area contributed by atoms with Gasteiger partial charge in [-0.3, -0.25) is 4.79 Å². The van der Waals surface area contributed by atoms with Crippen molar-refractivity contribution in [1.82, 2.24) is 4.90 Å². The van der Waals surface area contributed by atoms with E-state index in [4.69, 9.17) is 0 Å². The van der Waals surface area contributed by atoms with Crippen LogP contribution in [0, 0.1) is 0 Å². The number of rotatable bonds is 9. The standard InChI is InChI=1S/C20H31NO2S/c1-5-6-7-8-11-21(4)17-12-15-9-10-18(14-16(15)13-17)24-20(2,3)19(22)23/h9-10,14,17H,5-8,11-13H2,1-4H3,(H,22,23). The minimum absolute atomic E-state index is 0.592. The van der Waals surface area contributed by atoms with Crippen molar-refractivity contribution in [2.24, 2.45) is 0 Å². The molecule has 0 saturated heterocycles. The first-order chi connectivity index (χ1) is 11.3. The van der Waals surface area contributed by atoms with E-state index in [1.807, 2.05) is 0 Å². The minimum atomic E-state index is -0.789. The molecule has 3 nitrogen and oxygen atoms in total. The van der Waals surface area contributed by atoms with Gasteiger partial charge in [-0.25, -0.2) is 0 Å². The number of unbranched alkanes of at least 4 members (excludes halogenated alkanes) is 3. The molecule has 1 aliphatic rings. The van der Waals surface area contributed by atoms with E-state index >= 15 is 0 Å². The van der Waals surface area contributed by atoms with Crippen molar-refractivity contribution in [3.63, 3.8) is 0 Å². The van der Waals surface area contributed by atoms with Crippen LogP contribution < -0.4 is 0 Å². The number of hydrogen-bond donors (Lipinski definition) is 1. The van der Waals surface area contributed by atoms with E-state index in [1.165, 1.54) is 55.1 Å². The lowest BCUT2D eigenvalue weighted by Crippen LogP contribution is -2.33. The first-order valence-corrected chi connectivity index (χ1v) is 9.89. The maximum Gasteiger partial charge on any atom is 0.319 e. The third-order valence-electron chi connectivity index (χ3n) is 4.96. The third kappa shape index (κ3) is 5.00. The number of nitrogens with zero attached hydrogens (tertiary/aromatic N) is 1. The maximum atomic E-state index is 11.3. The Hall–Kier alpha value is -1.00. The molecule has 0 saturated carbocycles. The zero-order valence-corrected chi connectivity index (χ0v) is 16.3. The van der Waals surface area contributed by atoms with Crippen LogP contribution in [-0.4, -0.2) is 40.4 Å². The number of carbonyl (C=O) groups is 1. The van der Waals surface area contributed by atoms with E-state index in [2.05, 4.69) is 37.1 Å². The van der Waals surface area contributed by atoms with Gasteiger partial charge in [-0.2, -0.15) is 0 Å². The fourth-order valence-corrected chi connectivity index (χ4v) is 4.27. The highest BCUT2D eigenvalue weighted by atomic mass is 32.2. The molecule has 1 unspecified atom stereocenters. The highest BCUT2D eigenvalue weighted by Gasteiger charge is 2.30. The maximum absolute atomic E-state index is 11.3. The van der Waals surface area contributed by atoms with Crippen molar-refractivity contribution in [3.05, 3.63) is 29.3 Å². The van der Waals surface area contributed by atoms with E-state index < -0.39 is 10.7 Å². The Morgan fingerprint density at radius 3 is 2.62 bits per heavy atom. The Labute approximate surface area is 150 Å². The van der Waals surface area contributed by atoms with Gasteiger partial charge in [-0.15, -0.1) is 11.8 Å². The fourth-order valence-electron chi connectivity index (χ4n) is 3.26. The molecule has 134 valence electrons. The Balaban J connectivity index is 1.94. The molecule has 1 aromatic carbocycles. The number of carboxylic acids is 1. The Morgan fingerprint density at radius 2 is 1.96 bits per heavy atom. The lowest BCUT2D eigenvalue weighted by Gasteiger charge is -2.23. The topological polar surface area (TPSA) is 40.5 Å². The van der Waals surface area contributed by atoms with Crippen LogP contribution in [0.2, 0.25) is 0 Å². The van der Waals surface area contributed by atoms with Crippen LogP contribution in [0.1, 0.15) is 57.6 Å². The summed E-state index contributed by atoms with van der Waals surface area (Å²) in [6, 6.07) is 7.07. The summed E-state index contributed by atoms with van der Waals surface area (Å²) in [5, 5.41) is 9.30. The molecule has 0 heterocycles. The molecule has 0 bridgehead atoms. The minimum Gasteiger partial charge on any atom is -0.480 e. The van der Waals surface area contributed by atoms with Gasteiger partial charge in [0, 0.05) is 10.9 Å². The molecule has 1 aromatic rings. The molecule has 0 aliphatic heterocycles. The predicted molar refractivity (Wildman–Crippen MR) is 102 cm³/mol. The highest BCUT2D eigenvalue weighted by Crippen LogP contribution is 2.36. The third-order valence-corrected chi connectivity index (χ3v) is 6.14. The Bertz CT molecular complexity index is 571. The van der Waals surface area contributed by atoms with Crippen LogP contribution >= 0.6 is 11.8 Å². The monoisotopic (exact) mass is 349 g/mol. The summed E-state index contributed by atoms with van der Waals surface area (Å²) in [5.74, 6) is -0.766. The average molecular weight is 350 g/mol. The average Bonchev–Trinajstić information content (AvgIpc) is 2.94. The van der Waals surface area contributed by atoms with Crippen LogP contribution in [0.5, 0.6) is 0 Å². The first kappa shape index (κ1) is 19.3. The molecule has 24 heavy (non-hydrogen) atoms. The molecule has 0 fully saturated rings. The molecule has 4 heteroatoms. The van der Waals surface area contributed by atoms with Crippen molar-refractivity contribution in [3.8, 4) is 0 Å². The molecule has 0 aromatic heterocycles. The molecule has 0 amide bonds. The lowest BCUT2D eigenvalue weighted by molar-refractivity contribution is -0.138. The van der Waals surface area contributed by atoms with Crippen molar-refractivity contribution in [1.29, 1.82) is 0 Å². The zero-order valence-electron chi connectivity index (χ0n) is 15.5. The summed E-state index contributed by atoms with van der Waals surface area (Å²) >= 11 is 1.44. The summed E-state index contributed by atoms with van der Waals surface area (Å²) < 4.78 is -0.789. The molecule has 0 spiro atoms. The van der Waals surface area contributed by atoms with Gasteiger partial charge in [-0.1, -0.05) is 32.3 Å². The van der Waals surface area contributed by atoms with Crippen molar-refractivity contribution < 1.29 is 9.90 Å². The van der Waals surface area contributed by atoms with Gasteiger partial charge in [-0.05, 0) is 70.0 Å². The van der Waals surface area contributed by atoms with Gasteiger partial charge in [0.1, 0.15) is 4.75 Å². The van der Waals surface area contributed by atoms with Crippen LogP contribution in [-0.2, 0) is 17.6 Å². The number of aliphatic carboxylic acids is 1. The van der Waals surface area contributed by atoms with E-state index in [0.717, 1.165) is 17.7 Å². The lowest BCUT2D eigenvalue weighted by atomic mass is 10.1. The number of thioether (sulfide) groups is 1. The van der Waals surface area contributed by atoms with Crippen molar-refractivity contribution in [2.45, 2.75) is 75.0 Å². The first-order valence-electron chi connectivity index (χ1n) is 9.08. The quantitative estimate of drug-likeness (QED) is 0.521. The van der Waals surface area contributed by atoms with Gasteiger partial charge in [0.2, 0.25) is 0 Å². The molecule has 1 aliphatic carbocycles. The fraction of sp³-hybridized carbons (Fsp3) is 0.650. The molecular weight excluding hydrogens is 318 g/mol. The van der Waals surface area contributed by atoms with Gasteiger partial charge >= 0.3 is 5.97 Å². The molecule has 2 rings (SSSR count). The van der Waals surface area contributed by atoms with Crippen molar-refractivity contribution in [2.75, 3.05) is 13.6 Å². The summed E-state index contributed by atoms with van der Waals surface area (Å²) in [4.78, 5) is 14.9. The Kier molecular flexibility index (Phi) is 6.76. The van der Waals surface area contributed by atoms with Gasteiger partial charge in [0.05, 0.1) is 0 Å². The summed E-state index contributed by atoms with van der Waals surface area (Å²) in [6.45, 7) is 6.95. The second-order valence-corrected chi connectivity index (χ2v) is 9.15. The summed E-state index contributed by atoms with van der Waals surface area (Å²) in [5.41, 5.74) is 2.82. The number of carboxylic acid groups (broad SMARTS) is 1. The number of benzene rings is 1. The van der Waals surface area contributed by atoms with Crippen LogP contribution in [0.3, 0.4) is 0 Å². The SMILES string of the molecule is CCCCCCN(C)C1Cc2ccc(SC(C)(C)C(=O)O)cc2C1. The van der Waals surface area contributed by atoms with Crippen LogP contribution in [0.15, 0.2) is 23.1 Å². The summed E-state index contributed by atoms with van der Waals surface area (Å²) in [6.07, 6.45) is 7.43. The number of fused-ring (bicyclic) bond motifs is 1. The number of likely N-dealkylation sites (N-methyl/N-ethyl adjacent to an activating group) is 1. The molecular formula is C20H31NO2S.